The molecule has 1 heterocycles. The van der Waals surface area contributed by atoms with Crippen LogP contribution in [-0.2, 0) is 0 Å². The molecule has 0 saturated heterocycles. The van der Waals surface area contributed by atoms with Crippen molar-refractivity contribution in [1.82, 2.24) is 15.2 Å². The number of amides is 1. The summed E-state index contributed by atoms with van der Waals surface area (Å²) in [6.45, 7) is 2.23. The van der Waals surface area contributed by atoms with Gasteiger partial charge in [0.2, 0.25) is 0 Å². The van der Waals surface area contributed by atoms with Gasteiger partial charge in [-0.2, -0.15) is 0 Å². The molecule has 2 aromatic carbocycles. The van der Waals surface area contributed by atoms with Crippen LogP contribution in [0.3, 0.4) is 0 Å². The highest BCUT2D eigenvalue weighted by Gasteiger charge is 2.12. The van der Waals surface area contributed by atoms with Crippen molar-refractivity contribution < 1.29 is 4.79 Å². The van der Waals surface area contributed by atoms with E-state index in [-0.39, 0.29) is 5.91 Å². The lowest BCUT2D eigenvalue weighted by molar-refractivity contribution is 0.0951. The van der Waals surface area contributed by atoms with Gasteiger partial charge in [-0.15, -0.1) is 0 Å². The molecule has 0 unspecified atom stereocenters. The van der Waals surface area contributed by atoms with Gasteiger partial charge in [0, 0.05) is 47.4 Å². The number of hydrogen-bond acceptors (Lipinski definition) is 5. The largest absolute Gasteiger partial charge is 0.384 e. The monoisotopic (exact) mass is 377 g/mol. The number of nitrogens with one attached hydrogen (secondary N) is 2. The Bertz CT molecular complexity index is 1040. The molecule has 144 valence electrons. The zero-order chi connectivity index (χ0) is 19.9. The molecule has 0 atom stereocenters. The van der Waals surface area contributed by atoms with Crippen molar-refractivity contribution in [2.45, 2.75) is 0 Å². The van der Waals surface area contributed by atoms with Crippen LogP contribution in [0.15, 0.2) is 47.6 Å². The average molecular weight is 377 g/mol. The van der Waals surface area contributed by atoms with Gasteiger partial charge in [0.1, 0.15) is 0 Å². The first kappa shape index (κ1) is 19.4. The summed E-state index contributed by atoms with van der Waals surface area (Å²) < 4.78 is 0. The lowest BCUT2D eigenvalue weighted by Gasteiger charge is -2.14. The molecule has 0 radical (unpaired) electrons. The molecule has 2 N–H and O–H groups in total. The first-order valence-electron chi connectivity index (χ1n) is 9.10. The van der Waals surface area contributed by atoms with E-state index in [1.807, 2.05) is 61.5 Å². The highest BCUT2D eigenvalue weighted by atomic mass is 16.1. The zero-order valence-corrected chi connectivity index (χ0v) is 16.0. The van der Waals surface area contributed by atoms with Crippen molar-refractivity contribution in [1.29, 1.82) is 0 Å². The number of likely N-dealkylation sites (N-methyl/N-ethyl adjacent to an activating group) is 1. The second-order valence-corrected chi connectivity index (χ2v) is 6.68. The minimum atomic E-state index is -0.114. The van der Waals surface area contributed by atoms with Crippen molar-refractivity contribution in [3.8, 4) is 0 Å². The number of nitrogens with zero attached hydrogens (tertiary/aromatic N) is 5. The summed E-state index contributed by atoms with van der Waals surface area (Å²) in [5.74, 6) is -0.114. The second kappa shape index (κ2) is 9.03. The summed E-state index contributed by atoms with van der Waals surface area (Å²) in [6, 6.07) is 13.4. The van der Waals surface area contributed by atoms with Gasteiger partial charge in [0.05, 0.1) is 16.7 Å². The number of anilines is 1. The molecule has 0 aliphatic rings. The fourth-order valence-electron chi connectivity index (χ4n) is 3.00. The van der Waals surface area contributed by atoms with E-state index < -0.39 is 0 Å². The zero-order valence-electron chi connectivity index (χ0n) is 16.0. The fourth-order valence-corrected chi connectivity index (χ4v) is 3.00. The molecule has 3 rings (SSSR count). The van der Waals surface area contributed by atoms with Gasteiger partial charge in [0.15, 0.2) is 0 Å². The predicted octanol–water partition coefficient (Wildman–Crippen LogP) is 3.40. The molecular weight excluding hydrogens is 354 g/mol. The summed E-state index contributed by atoms with van der Waals surface area (Å²) in [4.78, 5) is 22.0. The topological polar surface area (TPSA) is 106 Å². The highest BCUT2D eigenvalue weighted by molar-refractivity contribution is 6.09. The normalized spacial score (nSPS) is 10.8. The molecule has 8 heteroatoms. The highest BCUT2D eigenvalue weighted by Crippen LogP contribution is 2.31. The van der Waals surface area contributed by atoms with Crippen LogP contribution in [-0.4, -0.2) is 56.1 Å². The lowest BCUT2D eigenvalue weighted by atomic mass is 10.1. The maximum absolute atomic E-state index is 12.4. The fraction of sp³-hybridized carbons (Fsp3) is 0.300. The Morgan fingerprint density at radius 2 is 1.93 bits per heavy atom. The van der Waals surface area contributed by atoms with E-state index >= 15 is 0 Å². The van der Waals surface area contributed by atoms with E-state index in [9.17, 15) is 4.79 Å². The van der Waals surface area contributed by atoms with Crippen LogP contribution in [0.5, 0.6) is 0 Å². The number of rotatable bonds is 8. The number of para-hydroxylation sites is 1. The van der Waals surface area contributed by atoms with Crippen LogP contribution in [0.25, 0.3) is 32.2 Å². The molecule has 0 fully saturated rings. The molecule has 1 aromatic heterocycles. The van der Waals surface area contributed by atoms with Crippen LogP contribution in [0.2, 0.25) is 0 Å². The first-order chi connectivity index (χ1) is 13.6. The number of benzene rings is 2. The van der Waals surface area contributed by atoms with Crippen LogP contribution in [0.1, 0.15) is 10.4 Å². The minimum Gasteiger partial charge on any atom is -0.384 e. The minimum absolute atomic E-state index is 0.114. The summed E-state index contributed by atoms with van der Waals surface area (Å²) in [7, 11) is 3.93. The Labute approximate surface area is 163 Å². The van der Waals surface area contributed by atoms with E-state index in [1.165, 1.54) is 0 Å². The Hall–Kier alpha value is -3.35. The standard InChI is InChI=1S/C20H23N7O/c1-27(2)12-11-23-20(28)14-7-8-16-18(13-14)25-17-6-4-3-5-15(17)19(16)22-9-10-24-26-21/h3-8,13H,9-12H2,1-2H3,(H,22,25)(H,23,28). The van der Waals surface area contributed by atoms with Crippen molar-refractivity contribution in [2.24, 2.45) is 5.11 Å². The maximum Gasteiger partial charge on any atom is 0.251 e. The van der Waals surface area contributed by atoms with Crippen LogP contribution in [0, 0.1) is 0 Å². The van der Waals surface area contributed by atoms with Crippen LogP contribution < -0.4 is 10.6 Å². The second-order valence-electron chi connectivity index (χ2n) is 6.68. The van der Waals surface area contributed by atoms with E-state index in [4.69, 9.17) is 10.5 Å². The Morgan fingerprint density at radius 3 is 2.71 bits per heavy atom. The van der Waals surface area contributed by atoms with Crippen molar-refractivity contribution in [2.75, 3.05) is 45.6 Å². The molecular formula is C20H23N7O. The van der Waals surface area contributed by atoms with Crippen LogP contribution >= 0.6 is 0 Å². The summed E-state index contributed by atoms with van der Waals surface area (Å²) in [6.07, 6.45) is 0. The Kier molecular flexibility index (Phi) is 6.26. The van der Waals surface area contributed by atoms with Gasteiger partial charge < -0.3 is 15.5 Å². The van der Waals surface area contributed by atoms with Gasteiger partial charge >= 0.3 is 0 Å². The van der Waals surface area contributed by atoms with Gasteiger partial charge in [-0.3, -0.25) is 4.79 Å². The van der Waals surface area contributed by atoms with Crippen molar-refractivity contribution >= 4 is 33.4 Å². The Balaban J connectivity index is 1.95. The number of aromatic nitrogens is 1. The van der Waals surface area contributed by atoms with Crippen LogP contribution in [0.4, 0.5) is 5.69 Å². The molecule has 8 nitrogen and oxygen atoms in total. The summed E-state index contributed by atoms with van der Waals surface area (Å²) >= 11 is 0. The van der Waals surface area contributed by atoms with Crippen molar-refractivity contribution in [3.63, 3.8) is 0 Å². The van der Waals surface area contributed by atoms with Gasteiger partial charge in [-0.25, -0.2) is 4.98 Å². The number of carbonyl (C=O) groups excluding carboxylic acids is 1. The van der Waals surface area contributed by atoms with E-state index in [1.54, 1.807) is 0 Å². The third kappa shape index (κ3) is 4.49. The molecule has 3 aromatic rings. The first-order valence-corrected chi connectivity index (χ1v) is 9.10. The average Bonchev–Trinajstić information content (AvgIpc) is 2.69. The number of pyridine rings is 1. The maximum atomic E-state index is 12.4. The van der Waals surface area contributed by atoms with Crippen molar-refractivity contribution in [3.05, 3.63) is 58.5 Å². The van der Waals surface area contributed by atoms with Gasteiger partial charge in [-0.05, 0) is 43.9 Å². The smallest absolute Gasteiger partial charge is 0.251 e. The van der Waals surface area contributed by atoms with Gasteiger partial charge in [0.25, 0.3) is 5.91 Å². The van der Waals surface area contributed by atoms with E-state index in [2.05, 4.69) is 20.7 Å². The number of carbonyl (C=O) groups is 1. The van der Waals surface area contributed by atoms with E-state index in [0.29, 0.717) is 25.2 Å². The molecule has 0 aliphatic carbocycles. The van der Waals surface area contributed by atoms with Gasteiger partial charge in [-0.1, -0.05) is 23.3 Å². The van der Waals surface area contributed by atoms with E-state index in [0.717, 1.165) is 34.0 Å². The quantitative estimate of drug-likeness (QED) is 0.206. The number of hydrogen-bond donors (Lipinski definition) is 2. The number of fused-ring (bicyclic) bond motifs is 2. The number of azide groups is 1. The Morgan fingerprint density at radius 1 is 1.14 bits per heavy atom. The molecule has 0 spiro atoms. The molecule has 1 amide bonds. The third-order valence-corrected chi connectivity index (χ3v) is 4.36. The lowest BCUT2D eigenvalue weighted by Crippen LogP contribution is -2.31. The SMILES string of the molecule is CN(C)CCNC(=O)c1ccc2c(NCCN=[N+]=[N-])c3ccccc3nc2c1. The third-order valence-electron chi connectivity index (χ3n) is 4.36. The summed E-state index contributed by atoms with van der Waals surface area (Å²) in [5.41, 5.74) is 11.5. The molecule has 0 saturated carbocycles. The molecule has 0 aliphatic heterocycles. The summed E-state index contributed by atoms with van der Waals surface area (Å²) in [5, 5.41) is 11.8. The predicted molar refractivity (Wildman–Crippen MR) is 113 cm³/mol. The molecule has 0 bridgehead atoms. The molecule has 28 heavy (non-hydrogen) atoms.